The Bertz CT molecular complexity index is 1210. The fourth-order valence-corrected chi connectivity index (χ4v) is 6.22. The van der Waals surface area contributed by atoms with Gasteiger partial charge in [-0.15, -0.1) is 0 Å². The summed E-state index contributed by atoms with van der Waals surface area (Å²) in [6, 6.07) is 5.01. The molecule has 2 fully saturated rings. The Morgan fingerprint density at radius 2 is 1.75 bits per heavy atom. The van der Waals surface area contributed by atoms with Gasteiger partial charge in [0.05, 0.1) is 5.56 Å². The Labute approximate surface area is 259 Å². The summed E-state index contributed by atoms with van der Waals surface area (Å²) in [6.07, 6.45) is 4.94. The third-order valence-electron chi connectivity index (χ3n) is 9.66. The predicted molar refractivity (Wildman–Crippen MR) is 165 cm³/mol. The number of nitrogens with zero attached hydrogens (tertiary/aromatic N) is 3. The van der Waals surface area contributed by atoms with Crippen LogP contribution in [0.2, 0.25) is 0 Å². The molecule has 2 aromatic rings. The van der Waals surface area contributed by atoms with E-state index in [9.17, 15) is 18.0 Å². The number of hydrogen-bond donors (Lipinski definition) is 1. The minimum absolute atomic E-state index is 0.0526. The number of rotatable bonds is 16. The van der Waals surface area contributed by atoms with Gasteiger partial charge in [-0.3, -0.25) is 4.79 Å². The predicted octanol–water partition coefficient (Wildman–Crippen LogP) is 8.46. The third-order valence-corrected chi connectivity index (χ3v) is 9.66. The first-order valence-corrected chi connectivity index (χ1v) is 16.2. The first-order chi connectivity index (χ1) is 20.9. The lowest BCUT2D eigenvalue weighted by atomic mass is 9.72. The van der Waals surface area contributed by atoms with Crippen molar-refractivity contribution < 1.29 is 27.1 Å². The molecule has 1 saturated heterocycles. The maximum Gasteiger partial charge on any atom is 0.416 e. The summed E-state index contributed by atoms with van der Waals surface area (Å²) in [5, 5.41) is 3.21. The molecule has 6 nitrogen and oxygen atoms in total. The lowest BCUT2D eigenvalue weighted by Gasteiger charge is -2.38. The second-order valence-electron chi connectivity index (χ2n) is 13.3. The molecular formula is C34H48F4N4O2. The van der Waals surface area contributed by atoms with E-state index < -0.39 is 17.6 Å². The van der Waals surface area contributed by atoms with Crippen LogP contribution < -0.4 is 10.2 Å². The molecule has 0 amide bonds. The van der Waals surface area contributed by atoms with Crippen molar-refractivity contribution in [1.29, 1.82) is 0 Å². The Morgan fingerprint density at radius 1 is 1.07 bits per heavy atom. The van der Waals surface area contributed by atoms with Crippen molar-refractivity contribution in [2.75, 3.05) is 30.0 Å². The molecule has 44 heavy (non-hydrogen) atoms. The molecule has 1 aromatic heterocycles. The molecule has 244 valence electrons. The normalized spacial score (nSPS) is 18.8. The fraction of sp³-hybridized carbons (Fsp3) is 0.676. The van der Waals surface area contributed by atoms with Crippen LogP contribution in [0.25, 0.3) is 0 Å². The van der Waals surface area contributed by atoms with Gasteiger partial charge in [-0.05, 0) is 67.1 Å². The maximum absolute atomic E-state index is 15.9. The van der Waals surface area contributed by atoms with Crippen molar-refractivity contribution in [3.63, 3.8) is 0 Å². The number of benzene rings is 1. The molecule has 1 aliphatic heterocycles. The number of anilines is 2. The fourth-order valence-electron chi connectivity index (χ4n) is 6.22. The number of carbonyl (C=O) groups excluding carboxylic acids is 1. The van der Waals surface area contributed by atoms with Crippen LogP contribution in [-0.4, -0.2) is 41.6 Å². The van der Waals surface area contributed by atoms with Crippen molar-refractivity contribution in [3.05, 3.63) is 47.5 Å². The monoisotopic (exact) mass is 620 g/mol. The van der Waals surface area contributed by atoms with Gasteiger partial charge in [0.2, 0.25) is 5.82 Å². The van der Waals surface area contributed by atoms with Crippen LogP contribution in [0.4, 0.5) is 29.2 Å². The van der Waals surface area contributed by atoms with Gasteiger partial charge in [0.1, 0.15) is 12.1 Å². The second kappa shape index (κ2) is 15.0. The highest BCUT2D eigenvalue weighted by molar-refractivity contribution is 5.81. The van der Waals surface area contributed by atoms with Crippen molar-refractivity contribution in [2.45, 2.75) is 104 Å². The molecule has 3 unspecified atom stereocenters. The Balaban J connectivity index is 1.44. The number of halogens is 4. The zero-order valence-electron chi connectivity index (χ0n) is 26.6. The third kappa shape index (κ3) is 9.14. The van der Waals surface area contributed by atoms with Gasteiger partial charge in [-0.2, -0.15) is 17.6 Å². The molecule has 0 spiro atoms. The number of carbonyl (C=O) groups is 1. The zero-order valence-corrected chi connectivity index (χ0v) is 26.6. The van der Waals surface area contributed by atoms with Gasteiger partial charge in [-0.25, -0.2) is 9.97 Å². The van der Waals surface area contributed by atoms with Crippen LogP contribution in [0.15, 0.2) is 30.6 Å². The van der Waals surface area contributed by atoms with Gasteiger partial charge < -0.3 is 15.0 Å². The molecule has 1 N–H and O–H groups in total. The van der Waals surface area contributed by atoms with E-state index in [-0.39, 0.29) is 41.3 Å². The van der Waals surface area contributed by atoms with Crippen LogP contribution >= 0.6 is 0 Å². The van der Waals surface area contributed by atoms with E-state index in [1.807, 2.05) is 11.8 Å². The topological polar surface area (TPSA) is 67.4 Å². The Morgan fingerprint density at radius 3 is 2.36 bits per heavy atom. The summed E-state index contributed by atoms with van der Waals surface area (Å²) in [6.45, 7) is 10.4. The Kier molecular flexibility index (Phi) is 11.7. The summed E-state index contributed by atoms with van der Waals surface area (Å²) in [4.78, 5) is 23.8. The van der Waals surface area contributed by atoms with E-state index in [0.717, 1.165) is 37.8 Å². The van der Waals surface area contributed by atoms with E-state index >= 15 is 4.39 Å². The SMILES string of the molecule is CCCC(C)CCC(C)C(C)C(=O)CC1(CNc2ncnc(N(Cc3ccc(C(F)(F)F)cc3)C3CC3)c2F)CCOCC1. The summed E-state index contributed by atoms with van der Waals surface area (Å²) >= 11 is 0. The van der Waals surface area contributed by atoms with Gasteiger partial charge in [0.15, 0.2) is 11.6 Å². The molecule has 3 atom stereocenters. The van der Waals surface area contributed by atoms with Crippen LogP contribution in [-0.2, 0) is 22.3 Å². The summed E-state index contributed by atoms with van der Waals surface area (Å²) in [5.41, 5.74) is -0.447. The van der Waals surface area contributed by atoms with Crippen molar-refractivity contribution in [1.82, 2.24) is 9.97 Å². The molecule has 2 aliphatic rings. The number of Topliss-reactive ketones (excluding diaryl/α,β-unsaturated/α-hetero) is 1. The van der Waals surface area contributed by atoms with Gasteiger partial charge in [0.25, 0.3) is 0 Å². The molecular weight excluding hydrogens is 572 g/mol. The molecule has 1 aromatic carbocycles. The molecule has 1 saturated carbocycles. The quantitative estimate of drug-likeness (QED) is 0.190. The number of aromatic nitrogens is 2. The van der Waals surface area contributed by atoms with Crippen molar-refractivity contribution in [3.8, 4) is 0 Å². The lowest BCUT2D eigenvalue weighted by Crippen LogP contribution is -2.40. The number of ketones is 1. The van der Waals surface area contributed by atoms with E-state index in [4.69, 9.17) is 4.74 Å². The second-order valence-corrected chi connectivity index (χ2v) is 13.3. The van der Waals surface area contributed by atoms with Crippen molar-refractivity contribution in [2.24, 2.45) is 23.2 Å². The molecule has 10 heteroatoms. The van der Waals surface area contributed by atoms with Crippen LogP contribution in [0.3, 0.4) is 0 Å². The van der Waals surface area contributed by atoms with Gasteiger partial charge in [-0.1, -0.05) is 59.1 Å². The summed E-state index contributed by atoms with van der Waals surface area (Å²) < 4.78 is 60.7. The standard InChI is InChI=1S/C34H48F4N4O2/c1-5-6-23(2)7-8-24(3)25(4)29(43)19-33(15-17-44-18-16-33)21-39-31-30(35)32(41-22-40-31)42(28-13-14-28)20-26-9-11-27(12-10-26)34(36,37)38/h9-12,22-25,28H,5-8,13-21H2,1-4H3,(H,39,40,41). The average molecular weight is 621 g/mol. The smallest absolute Gasteiger partial charge is 0.381 e. The highest BCUT2D eigenvalue weighted by Crippen LogP contribution is 2.39. The molecule has 0 bridgehead atoms. The molecule has 2 heterocycles. The number of ether oxygens (including phenoxy) is 1. The zero-order chi connectivity index (χ0) is 31.9. The highest BCUT2D eigenvalue weighted by atomic mass is 19.4. The van der Waals surface area contributed by atoms with Gasteiger partial charge in [0, 0.05) is 44.7 Å². The van der Waals surface area contributed by atoms with Crippen LogP contribution in [0.1, 0.15) is 96.6 Å². The summed E-state index contributed by atoms with van der Waals surface area (Å²) in [7, 11) is 0. The summed E-state index contributed by atoms with van der Waals surface area (Å²) in [5.74, 6) is 0.746. The van der Waals surface area contributed by atoms with E-state index in [0.29, 0.717) is 56.4 Å². The van der Waals surface area contributed by atoms with E-state index in [2.05, 4.69) is 36.1 Å². The van der Waals surface area contributed by atoms with E-state index in [1.54, 1.807) is 0 Å². The minimum Gasteiger partial charge on any atom is -0.381 e. The minimum atomic E-state index is -4.41. The largest absolute Gasteiger partial charge is 0.416 e. The van der Waals surface area contributed by atoms with Crippen LogP contribution in [0.5, 0.6) is 0 Å². The van der Waals surface area contributed by atoms with Gasteiger partial charge >= 0.3 is 6.18 Å². The average Bonchev–Trinajstić information content (AvgIpc) is 3.84. The van der Waals surface area contributed by atoms with E-state index in [1.165, 1.54) is 31.3 Å². The highest BCUT2D eigenvalue weighted by Gasteiger charge is 2.38. The molecule has 0 radical (unpaired) electrons. The first-order valence-electron chi connectivity index (χ1n) is 16.2. The molecule has 4 rings (SSSR count). The number of nitrogens with one attached hydrogen (secondary N) is 1. The first kappa shape index (κ1) is 34.1. The Hall–Kier alpha value is -2.75. The number of alkyl halides is 3. The lowest BCUT2D eigenvalue weighted by molar-refractivity contribution is -0.137. The van der Waals surface area contributed by atoms with Crippen LogP contribution in [0, 0.1) is 29.0 Å². The van der Waals surface area contributed by atoms with Crippen molar-refractivity contribution >= 4 is 17.4 Å². The molecule has 1 aliphatic carbocycles. The number of hydrogen-bond acceptors (Lipinski definition) is 6. The maximum atomic E-state index is 15.9.